The number of aromatic nitrogens is 5. The molecule has 7 rings (SSSR count). The lowest BCUT2D eigenvalue weighted by Crippen LogP contribution is -2.35. The Morgan fingerprint density at radius 1 is 0.796 bits per heavy atom. The van der Waals surface area contributed by atoms with Crippen molar-refractivity contribution in [2.24, 2.45) is 0 Å². The zero-order valence-corrected chi connectivity index (χ0v) is 28.5. The van der Waals surface area contributed by atoms with Gasteiger partial charge in [0.2, 0.25) is 10.0 Å². The Morgan fingerprint density at radius 3 is 2.00 bits per heavy atom. The molecule has 0 unspecified atom stereocenters. The van der Waals surface area contributed by atoms with Crippen LogP contribution in [-0.2, 0) is 27.9 Å². The smallest absolute Gasteiger partial charge is 0.259 e. The summed E-state index contributed by atoms with van der Waals surface area (Å²) in [5, 5.41) is 2.45. The minimum absolute atomic E-state index is 0.0381. The first-order valence-corrected chi connectivity index (χ1v) is 18.0. The molecule has 0 spiro atoms. The van der Waals surface area contributed by atoms with Crippen LogP contribution >= 0.6 is 11.3 Å². The molecule has 246 valence electrons. The summed E-state index contributed by atoms with van der Waals surface area (Å²) < 4.78 is 31.3. The van der Waals surface area contributed by atoms with Gasteiger partial charge in [-0.25, -0.2) is 13.4 Å². The van der Waals surface area contributed by atoms with Crippen molar-refractivity contribution in [3.63, 3.8) is 0 Å². The molecule has 0 radical (unpaired) electrons. The molecule has 0 fully saturated rings. The highest BCUT2D eigenvalue weighted by Crippen LogP contribution is 2.42. The summed E-state index contributed by atoms with van der Waals surface area (Å²) in [6.07, 6.45) is 12.8. The van der Waals surface area contributed by atoms with Crippen molar-refractivity contribution in [2.45, 2.75) is 37.9 Å². The Labute approximate surface area is 289 Å². The van der Waals surface area contributed by atoms with Crippen LogP contribution in [0.5, 0.6) is 0 Å². The second kappa shape index (κ2) is 15.2. The molecule has 4 heterocycles. The van der Waals surface area contributed by atoms with E-state index in [9.17, 15) is 13.2 Å². The normalized spacial score (nSPS) is 13.4. The molecule has 1 aliphatic heterocycles. The minimum atomic E-state index is -4.22. The number of carbonyl (C=O) groups is 1. The Bertz CT molecular complexity index is 2090. The van der Waals surface area contributed by atoms with Crippen LogP contribution in [0.25, 0.3) is 11.6 Å². The molecule has 49 heavy (non-hydrogen) atoms. The van der Waals surface area contributed by atoms with E-state index in [1.54, 1.807) is 72.6 Å². The highest BCUT2D eigenvalue weighted by atomic mass is 32.2. The molecule has 0 saturated carbocycles. The van der Waals surface area contributed by atoms with Crippen LogP contribution in [0.15, 0.2) is 133 Å². The highest BCUT2D eigenvalue weighted by molar-refractivity contribution is 7.89. The quantitative estimate of drug-likeness (QED) is 0.144. The van der Waals surface area contributed by atoms with E-state index in [4.69, 9.17) is 0 Å². The second-order valence-electron chi connectivity index (χ2n) is 10.7. The van der Waals surface area contributed by atoms with E-state index in [1.165, 1.54) is 15.6 Å². The van der Waals surface area contributed by atoms with Crippen molar-refractivity contribution in [1.82, 2.24) is 29.2 Å². The third kappa shape index (κ3) is 7.21. The summed E-state index contributed by atoms with van der Waals surface area (Å²) >= 11 is 1.39. The van der Waals surface area contributed by atoms with Gasteiger partial charge in [-0.1, -0.05) is 74.5 Å². The van der Waals surface area contributed by atoms with Crippen molar-refractivity contribution in [3.8, 4) is 0 Å². The zero-order valence-electron chi connectivity index (χ0n) is 26.9. The van der Waals surface area contributed by atoms with Crippen molar-refractivity contribution in [3.05, 3.63) is 161 Å². The van der Waals surface area contributed by atoms with Crippen molar-refractivity contribution >= 4 is 44.6 Å². The number of amides is 1. The Kier molecular flexibility index (Phi) is 10.4. The summed E-state index contributed by atoms with van der Waals surface area (Å²) in [4.78, 5) is 37.0. The van der Waals surface area contributed by atoms with Gasteiger partial charge in [-0.15, -0.1) is 11.3 Å². The van der Waals surface area contributed by atoms with Crippen molar-refractivity contribution in [1.29, 1.82) is 0 Å². The number of carbonyl (C=O) groups excluding carboxylic acids is 1. The molecule has 1 amide bonds. The van der Waals surface area contributed by atoms with Crippen molar-refractivity contribution in [2.75, 3.05) is 4.90 Å². The Hall–Kier alpha value is -5.43. The maximum absolute atomic E-state index is 14.9. The number of benzene rings is 3. The fraction of sp³-hybridized carbons (Fsp3) is 0.135. The molecule has 12 heteroatoms. The van der Waals surface area contributed by atoms with Crippen LogP contribution in [0.2, 0.25) is 0 Å². The third-order valence-electron chi connectivity index (χ3n) is 7.74. The summed E-state index contributed by atoms with van der Waals surface area (Å²) in [5.74, 6) is -0.279. The largest absolute Gasteiger partial charge is 0.302 e. The lowest BCUT2D eigenvalue weighted by atomic mass is 9.98. The van der Waals surface area contributed by atoms with E-state index in [2.05, 4.69) is 24.9 Å². The number of fused-ring (bicyclic) bond motifs is 1. The van der Waals surface area contributed by atoms with Crippen LogP contribution < -0.4 is 4.90 Å². The van der Waals surface area contributed by atoms with Gasteiger partial charge in [-0.05, 0) is 35.4 Å². The molecule has 1 aliphatic rings. The molecule has 0 atom stereocenters. The Balaban J connectivity index is 0.00000205. The summed E-state index contributed by atoms with van der Waals surface area (Å²) in [5.41, 5.74) is 4.09. The van der Waals surface area contributed by atoms with Gasteiger partial charge in [-0.3, -0.25) is 24.7 Å². The predicted molar refractivity (Wildman–Crippen MR) is 190 cm³/mol. The minimum Gasteiger partial charge on any atom is -0.302 e. The van der Waals surface area contributed by atoms with Gasteiger partial charge in [0, 0.05) is 48.1 Å². The van der Waals surface area contributed by atoms with Gasteiger partial charge in [0.1, 0.15) is 5.01 Å². The molecule has 0 saturated heterocycles. The van der Waals surface area contributed by atoms with E-state index >= 15 is 0 Å². The molecule has 3 aromatic carbocycles. The fourth-order valence-electron chi connectivity index (χ4n) is 5.61. The van der Waals surface area contributed by atoms with E-state index in [0.717, 1.165) is 11.1 Å². The summed E-state index contributed by atoms with van der Waals surface area (Å²) in [7, 11) is -4.22. The molecule has 0 bridgehead atoms. The standard InChI is InChI=1S/C35H27N7O3S2.C2H6/c43-35-31(20-33-40-17-18-46-33)30-19-29(11-12-32(30)41(35)23-27-21-36-13-15-38-27)47(44,45)42(24-28-22-37-14-16-39-28)34(25-7-3-1-4-8-25)26-9-5-2-6-10-26;1-2/h1-22,34H,23-24H2;1-2H3/b31-20+;. The second-order valence-corrected chi connectivity index (χ2v) is 13.5. The van der Waals surface area contributed by atoms with E-state index in [1.807, 2.05) is 79.9 Å². The first-order chi connectivity index (χ1) is 24.0. The van der Waals surface area contributed by atoms with E-state index < -0.39 is 16.1 Å². The monoisotopic (exact) mass is 687 g/mol. The van der Waals surface area contributed by atoms with Gasteiger partial charge in [0.15, 0.2) is 0 Å². The molecule has 6 aromatic rings. The van der Waals surface area contributed by atoms with Crippen LogP contribution in [0, 0.1) is 0 Å². The summed E-state index contributed by atoms with van der Waals surface area (Å²) in [6.45, 7) is 4.13. The molecule has 3 aromatic heterocycles. The Morgan fingerprint density at radius 2 is 1.43 bits per heavy atom. The predicted octanol–water partition coefficient (Wildman–Crippen LogP) is 6.82. The molecular weight excluding hydrogens is 655 g/mol. The maximum atomic E-state index is 14.9. The lowest BCUT2D eigenvalue weighted by Gasteiger charge is -2.31. The lowest BCUT2D eigenvalue weighted by molar-refractivity contribution is -0.113. The van der Waals surface area contributed by atoms with Crippen molar-refractivity contribution < 1.29 is 13.2 Å². The average molecular weight is 688 g/mol. The number of nitrogens with zero attached hydrogens (tertiary/aromatic N) is 7. The van der Waals surface area contributed by atoms with Gasteiger partial charge in [-0.2, -0.15) is 4.31 Å². The summed E-state index contributed by atoms with van der Waals surface area (Å²) in [6, 6.07) is 23.1. The average Bonchev–Trinajstić information content (AvgIpc) is 3.76. The maximum Gasteiger partial charge on any atom is 0.259 e. The zero-order chi connectivity index (χ0) is 34.2. The molecule has 0 aliphatic carbocycles. The van der Waals surface area contributed by atoms with Crippen LogP contribution in [-0.4, -0.2) is 43.6 Å². The first-order valence-electron chi connectivity index (χ1n) is 15.7. The molecule has 0 N–H and O–H groups in total. The topological polar surface area (TPSA) is 122 Å². The van der Waals surface area contributed by atoms with Gasteiger partial charge < -0.3 is 4.90 Å². The van der Waals surface area contributed by atoms with E-state index in [-0.39, 0.29) is 23.9 Å². The molecule has 10 nitrogen and oxygen atoms in total. The number of anilines is 1. The number of hydrogen-bond acceptors (Lipinski definition) is 9. The van der Waals surface area contributed by atoms with Gasteiger partial charge >= 0.3 is 0 Å². The number of rotatable bonds is 10. The number of sulfonamides is 1. The SMILES string of the molecule is CC.O=C1/C(=C/c2nccs2)c2cc(S(=O)(=O)N(Cc3cnccn3)C(c3ccccc3)c3ccccc3)ccc2N1Cc1cnccn1. The van der Waals surface area contributed by atoms with Gasteiger partial charge in [0.05, 0.1) is 52.9 Å². The van der Waals surface area contributed by atoms with Crippen LogP contribution in [0.1, 0.15) is 53.0 Å². The molecular formula is C37H33N7O3S2. The first kappa shape index (κ1) is 33.5. The number of hydrogen-bond donors (Lipinski definition) is 0. The van der Waals surface area contributed by atoms with Crippen LogP contribution in [0.3, 0.4) is 0 Å². The fourth-order valence-corrected chi connectivity index (χ4v) is 7.78. The van der Waals surface area contributed by atoms with Gasteiger partial charge in [0.25, 0.3) is 5.91 Å². The third-order valence-corrected chi connectivity index (χ3v) is 10.3. The number of thiazole rings is 1. The van der Waals surface area contributed by atoms with E-state index in [0.29, 0.717) is 33.2 Å². The van der Waals surface area contributed by atoms with Crippen LogP contribution in [0.4, 0.5) is 5.69 Å². The highest BCUT2D eigenvalue weighted by Gasteiger charge is 2.38.